The van der Waals surface area contributed by atoms with Crippen LogP contribution in [-0.2, 0) is 9.53 Å². The maximum absolute atomic E-state index is 13.0. The van der Waals surface area contributed by atoms with Crippen molar-refractivity contribution < 1.29 is 13.9 Å². The number of carbonyl (C=O) groups excluding carboxylic acids is 1. The summed E-state index contributed by atoms with van der Waals surface area (Å²) in [7, 11) is 2.05. The maximum atomic E-state index is 13.0. The summed E-state index contributed by atoms with van der Waals surface area (Å²) in [6.45, 7) is 3.30. The van der Waals surface area contributed by atoms with Crippen molar-refractivity contribution in [3.8, 4) is 0 Å². The summed E-state index contributed by atoms with van der Waals surface area (Å²) in [5, 5.41) is 3.18. The summed E-state index contributed by atoms with van der Waals surface area (Å²) in [5.74, 6) is -0.215. The summed E-state index contributed by atoms with van der Waals surface area (Å²) >= 11 is 0. The topological polar surface area (TPSA) is 44.8 Å². The molecule has 0 aliphatic carbocycles. The van der Waals surface area contributed by atoms with Gasteiger partial charge in [-0.25, -0.2) is 4.39 Å². The van der Waals surface area contributed by atoms with Crippen molar-refractivity contribution in [2.45, 2.75) is 12.3 Å². The van der Waals surface area contributed by atoms with Gasteiger partial charge in [-0.1, -0.05) is 12.1 Å². The molecule has 2 heterocycles. The standard InChI is InChI=1S/C15H20FN3O2/c1-18-6-7-21-13(9-18)10-19-14(20)8-17-15(19)11-2-4-12(16)5-3-11/h2-5,13,15,17H,6-10H2,1H3. The van der Waals surface area contributed by atoms with Crippen LogP contribution >= 0.6 is 0 Å². The van der Waals surface area contributed by atoms with Gasteiger partial charge in [-0.05, 0) is 24.7 Å². The van der Waals surface area contributed by atoms with Gasteiger partial charge in [-0.3, -0.25) is 10.1 Å². The highest BCUT2D eigenvalue weighted by Gasteiger charge is 2.34. The molecule has 2 unspecified atom stereocenters. The number of hydrogen-bond acceptors (Lipinski definition) is 4. The fourth-order valence-electron chi connectivity index (χ4n) is 2.89. The van der Waals surface area contributed by atoms with Crippen molar-refractivity contribution >= 4 is 5.91 Å². The number of nitrogens with one attached hydrogen (secondary N) is 1. The van der Waals surface area contributed by atoms with Gasteiger partial charge in [0.05, 0.1) is 25.8 Å². The lowest BCUT2D eigenvalue weighted by molar-refractivity contribution is -0.131. The molecular formula is C15H20FN3O2. The van der Waals surface area contributed by atoms with E-state index in [-0.39, 0.29) is 24.0 Å². The molecule has 0 bridgehead atoms. The van der Waals surface area contributed by atoms with Gasteiger partial charge in [0.15, 0.2) is 0 Å². The smallest absolute Gasteiger partial charge is 0.238 e. The van der Waals surface area contributed by atoms with E-state index in [1.165, 1.54) is 12.1 Å². The van der Waals surface area contributed by atoms with Gasteiger partial charge in [0.1, 0.15) is 12.0 Å². The van der Waals surface area contributed by atoms with E-state index in [2.05, 4.69) is 17.3 Å². The number of ether oxygens (including phenoxy) is 1. The van der Waals surface area contributed by atoms with Crippen LogP contribution in [0.5, 0.6) is 0 Å². The minimum absolute atomic E-state index is 0.0237. The van der Waals surface area contributed by atoms with E-state index in [4.69, 9.17) is 4.74 Å². The van der Waals surface area contributed by atoms with E-state index in [9.17, 15) is 9.18 Å². The number of nitrogens with zero attached hydrogens (tertiary/aromatic N) is 2. The molecule has 2 saturated heterocycles. The number of carbonyl (C=O) groups is 1. The van der Waals surface area contributed by atoms with Gasteiger partial charge in [-0.15, -0.1) is 0 Å². The molecule has 5 nitrogen and oxygen atoms in total. The molecule has 0 radical (unpaired) electrons. The highest BCUT2D eigenvalue weighted by atomic mass is 19.1. The summed E-state index contributed by atoms with van der Waals surface area (Å²) < 4.78 is 18.8. The highest BCUT2D eigenvalue weighted by molar-refractivity contribution is 5.81. The molecule has 114 valence electrons. The van der Waals surface area contributed by atoms with E-state index in [0.717, 1.165) is 18.7 Å². The summed E-state index contributed by atoms with van der Waals surface area (Å²) in [4.78, 5) is 16.1. The van der Waals surface area contributed by atoms with Crippen LogP contribution in [0.2, 0.25) is 0 Å². The Morgan fingerprint density at radius 1 is 1.38 bits per heavy atom. The average Bonchev–Trinajstić information content (AvgIpc) is 2.81. The van der Waals surface area contributed by atoms with Gasteiger partial charge in [0, 0.05) is 13.1 Å². The zero-order valence-electron chi connectivity index (χ0n) is 12.1. The third-order valence-corrected chi connectivity index (χ3v) is 4.01. The Kier molecular flexibility index (Phi) is 4.19. The molecule has 1 N–H and O–H groups in total. The molecule has 1 aromatic carbocycles. The van der Waals surface area contributed by atoms with Crippen molar-refractivity contribution in [3.05, 3.63) is 35.6 Å². The minimum Gasteiger partial charge on any atom is -0.374 e. The number of likely N-dealkylation sites (N-methyl/N-ethyl adjacent to an activating group) is 1. The summed E-state index contributed by atoms with van der Waals surface area (Å²) in [6, 6.07) is 6.27. The lowest BCUT2D eigenvalue weighted by atomic mass is 10.1. The summed E-state index contributed by atoms with van der Waals surface area (Å²) in [5.41, 5.74) is 0.895. The first-order chi connectivity index (χ1) is 10.1. The van der Waals surface area contributed by atoms with E-state index in [1.54, 1.807) is 17.0 Å². The Hall–Kier alpha value is -1.50. The first-order valence-electron chi connectivity index (χ1n) is 7.22. The molecule has 2 aliphatic rings. The largest absolute Gasteiger partial charge is 0.374 e. The SMILES string of the molecule is CN1CCOC(CN2C(=O)CNC2c2ccc(F)cc2)C1. The molecule has 3 rings (SSSR count). The third kappa shape index (κ3) is 3.23. The van der Waals surface area contributed by atoms with Crippen molar-refractivity contribution in [2.75, 3.05) is 39.8 Å². The number of hydrogen-bond donors (Lipinski definition) is 1. The van der Waals surface area contributed by atoms with Crippen molar-refractivity contribution in [3.63, 3.8) is 0 Å². The lowest BCUT2D eigenvalue weighted by Gasteiger charge is -2.34. The molecule has 2 fully saturated rings. The molecule has 21 heavy (non-hydrogen) atoms. The molecular weight excluding hydrogens is 273 g/mol. The van der Waals surface area contributed by atoms with Gasteiger partial charge in [0.25, 0.3) is 0 Å². The van der Waals surface area contributed by atoms with E-state index < -0.39 is 0 Å². The van der Waals surface area contributed by atoms with E-state index >= 15 is 0 Å². The van der Waals surface area contributed by atoms with Crippen molar-refractivity contribution in [1.29, 1.82) is 0 Å². The van der Waals surface area contributed by atoms with Crippen LogP contribution in [0.25, 0.3) is 0 Å². The Morgan fingerprint density at radius 2 is 2.14 bits per heavy atom. The van der Waals surface area contributed by atoms with Crippen LogP contribution in [-0.4, -0.2) is 61.6 Å². The highest BCUT2D eigenvalue weighted by Crippen LogP contribution is 2.23. The van der Waals surface area contributed by atoms with E-state index in [1.807, 2.05) is 0 Å². The zero-order valence-corrected chi connectivity index (χ0v) is 12.1. The second kappa shape index (κ2) is 6.09. The molecule has 2 atom stereocenters. The number of amides is 1. The zero-order chi connectivity index (χ0) is 14.8. The monoisotopic (exact) mass is 293 g/mol. The average molecular weight is 293 g/mol. The molecule has 6 heteroatoms. The Bertz CT molecular complexity index is 508. The van der Waals surface area contributed by atoms with Crippen LogP contribution in [0.15, 0.2) is 24.3 Å². The second-order valence-electron chi connectivity index (χ2n) is 5.64. The van der Waals surface area contributed by atoms with Crippen LogP contribution in [0.3, 0.4) is 0 Å². The minimum atomic E-state index is -0.271. The Labute approximate surface area is 123 Å². The molecule has 0 saturated carbocycles. The lowest BCUT2D eigenvalue weighted by Crippen LogP contribution is -2.47. The Morgan fingerprint density at radius 3 is 2.86 bits per heavy atom. The van der Waals surface area contributed by atoms with Gasteiger partial charge < -0.3 is 14.5 Å². The number of halogens is 1. The fourth-order valence-corrected chi connectivity index (χ4v) is 2.89. The van der Waals surface area contributed by atoms with Crippen LogP contribution in [0.4, 0.5) is 4.39 Å². The number of morpholine rings is 1. The first kappa shape index (κ1) is 14.4. The Balaban J connectivity index is 1.71. The van der Waals surface area contributed by atoms with E-state index in [0.29, 0.717) is 19.7 Å². The molecule has 1 amide bonds. The van der Waals surface area contributed by atoms with Crippen molar-refractivity contribution in [1.82, 2.24) is 15.1 Å². The van der Waals surface area contributed by atoms with Gasteiger partial charge in [0.2, 0.25) is 5.91 Å². The fraction of sp³-hybridized carbons (Fsp3) is 0.533. The third-order valence-electron chi connectivity index (χ3n) is 4.01. The van der Waals surface area contributed by atoms with Gasteiger partial charge in [-0.2, -0.15) is 0 Å². The van der Waals surface area contributed by atoms with Crippen molar-refractivity contribution in [2.24, 2.45) is 0 Å². The second-order valence-corrected chi connectivity index (χ2v) is 5.64. The molecule has 2 aliphatic heterocycles. The first-order valence-corrected chi connectivity index (χ1v) is 7.22. The normalized spacial score (nSPS) is 27.3. The maximum Gasteiger partial charge on any atom is 0.238 e. The molecule has 0 aromatic heterocycles. The molecule has 1 aromatic rings. The van der Waals surface area contributed by atoms with Crippen LogP contribution in [0.1, 0.15) is 11.7 Å². The van der Waals surface area contributed by atoms with Crippen LogP contribution < -0.4 is 5.32 Å². The number of benzene rings is 1. The quantitative estimate of drug-likeness (QED) is 0.886. The van der Waals surface area contributed by atoms with Gasteiger partial charge >= 0.3 is 0 Å². The predicted molar refractivity (Wildman–Crippen MR) is 76.1 cm³/mol. The molecule has 0 spiro atoms. The number of rotatable bonds is 3. The predicted octanol–water partition coefficient (Wildman–Crippen LogP) is 0.587. The summed E-state index contributed by atoms with van der Waals surface area (Å²) in [6.07, 6.45) is -0.176. The van der Waals surface area contributed by atoms with Crippen LogP contribution in [0, 0.1) is 5.82 Å².